The van der Waals surface area contributed by atoms with Crippen molar-refractivity contribution in [3.63, 3.8) is 0 Å². The molecule has 1 aromatic carbocycles. The van der Waals surface area contributed by atoms with Crippen LogP contribution in [0.4, 0.5) is 0 Å². The molecule has 0 saturated carbocycles. The fourth-order valence-electron chi connectivity index (χ4n) is 3.88. The number of aliphatic hydroxyl groups is 1. The molecule has 37 heavy (non-hydrogen) atoms. The van der Waals surface area contributed by atoms with Crippen LogP contribution in [0.15, 0.2) is 22.7 Å². The van der Waals surface area contributed by atoms with Gasteiger partial charge < -0.3 is 35.2 Å². The molecule has 2 bridgehead atoms. The quantitative estimate of drug-likeness (QED) is 0.447. The van der Waals surface area contributed by atoms with Gasteiger partial charge in [0, 0.05) is 18.7 Å². The molecule has 3 rings (SSSR count). The Morgan fingerprint density at radius 3 is 2.68 bits per heavy atom. The van der Waals surface area contributed by atoms with E-state index in [1.807, 2.05) is 13.8 Å². The number of aryl methyl sites for hydroxylation is 3. The lowest BCUT2D eigenvalue weighted by Crippen LogP contribution is -2.53. The number of carbonyl (C=O) groups excluding carboxylic acids is 4. The topological polar surface area (TPSA) is 163 Å². The van der Waals surface area contributed by atoms with E-state index in [2.05, 4.69) is 21.1 Å². The number of benzene rings is 1. The molecule has 12 heteroatoms. The lowest BCUT2D eigenvalue weighted by atomic mass is 10.1. The van der Waals surface area contributed by atoms with E-state index in [0.717, 1.165) is 5.56 Å². The summed E-state index contributed by atoms with van der Waals surface area (Å²) in [6.45, 7) is 6.64. The third-order valence-corrected chi connectivity index (χ3v) is 5.97. The molecule has 2 aromatic rings. The average molecular weight is 516 g/mol. The number of amides is 4. The predicted molar refractivity (Wildman–Crippen MR) is 132 cm³/mol. The number of hydrogen-bond acceptors (Lipinski definition) is 8. The second kappa shape index (κ2) is 12.3. The van der Waals surface area contributed by atoms with Gasteiger partial charge in [-0.15, -0.1) is 0 Å². The molecule has 200 valence electrons. The first-order valence-corrected chi connectivity index (χ1v) is 12.1. The van der Waals surface area contributed by atoms with E-state index in [1.54, 1.807) is 19.1 Å². The summed E-state index contributed by atoms with van der Waals surface area (Å²) in [4.78, 5) is 53.0. The average Bonchev–Trinajstić information content (AvgIpc) is 3.24. The summed E-state index contributed by atoms with van der Waals surface area (Å²) in [6, 6.07) is 3.59. The molecule has 4 amide bonds. The van der Waals surface area contributed by atoms with Gasteiger partial charge >= 0.3 is 0 Å². The molecule has 0 fully saturated rings. The van der Waals surface area contributed by atoms with Crippen LogP contribution in [0, 0.1) is 13.8 Å². The van der Waals surface area contributed by atoms with Gasteiger partial charge in [0.1, 0.15) is 29.7 Å². The largest absolute Gasteiger partial charge is 0.491 e. The summed E-state index contributed by atoms with van der Waals surface area (Å²) >= 11 is 0. The van der Waals surface area contributed by atoms with Crippen molar-refractivity contribution in [1.82, 2.24) is 26.0 Å². The molecule has 0 saturated heterocycles. The molecule has 1 aliphatic rings. The van der Waals surface area contributed by atoms with Crippen molar-refractivity contribution in [3.8, 4) is 5.75 Å². The lowest BCUT2D eigenvalue weighted by molar-refractivity contribution is -0.125. The highest BCUT2D eigenvalue weighted by Gasteiger charge is 2.29. The van der Waals surface area contributed by atoms with E-state index < -0.39 is 35.8 Å². The van der Waals surface area contributed by atoms with Gasteiger partial charge in [-0.2, -0.15) is 0 Å². The molecule has 0 aliphatic carbocycles. The van der Waals surface area contributed by atoms with Crippen molar-refractivity contribution in [3.05, 3.63) is 46.3 Å². The van der Waals surface area contributed by atoms with Crippen LogP contribution < -0.4 is 20.7 Å². The third kappa shape index (κ3) is 6.85. The Labute approximate surface area is 214 Å². The Morgan fingerprint density at radius 2 is 1.97 bits per heavy atom. The highest BCUT2D eigenvalue weighted by Crippen LogP contribution is 2.20. The summed E-state index contributed by atoms with van der Waals surface area (Å²) in [5.41, 5.74) is 1.77. The van der Waals surface area contributed by atoms with Crippen molar-refractivity contribution in [2.24, 2.45) is 0 Å². The number of fused-ring (bicyclic) bond motifs is 2. The van der Waals surface area contributed by atoms with Crippen molar-refractivity contribution < 1.29 is 33.5 Å². The molecule has 1 aromatic heterocycles. The first kappa shape index (κ1) is 27.7. The lowest BCUT2D eigenvalue weighted by Gasteiger charge is -2.24. The zero-order valence-corrected chi connectivity index (χ0v) is 21.4. The first-order valence-electron chi connectivity index (χ1n) is 12.1. The Hall–Kier alpha value is -3.93. The SMILES string of the molecule is CCc1noc(C)c1C(=O)N1CCNC(=O)[C@H]([C@@H](C)O)NC(=O)c2ccc(C)c(c2)OCCNC(=O)C1. The minimum absolute atomic E-state index is 0.0112. The summed E-state index contributed by atoms with van der Waals surface area (Å²) in [6.07, 6.45) is -0.731. The first-order chi connectivity index (χ1) is 17.6. The summed E-state index contributed by atoms with van der Waals surface area (Å²) < 4.78 is 10.9. The fourth-order valence-corrected chi connectivity index (χ4v) is 3.88. The Bertz CT molecular complexity index is 1160. The normalized spacial score (nSPS) is 18.7. The monoisotopic (exact) mass is 515 g/mol. The van der Waals surface area contributed by atoms with Gasteiger partial charge in [0.05, 0.1) is 24.9 Å². The fraction of sp³-hybridized carbons (Fsp3) is 0.480. The number of hydrogen-bond donors (Lipinski definition) is 4. The number of aliphatic hydroxyl groups excluding tert-OH is 1. The Balaban J connectivity index is 1.86. The smallest absolute Gasteiger partial charge is 0.259 e. The van der Waals surface area contributed by atoms with Crippen molar-refractivity contribution in [2.45, 2.75) is 46.3 Å². The van der Waals surface area contributed by atoms with Gasteiger partial charge in [0.15, 0.2) is 0 Å². The van der Waals surface area contributed by atoms with Crippen LogP contribution in [0.25, 0.3) is 0 Å². The molecule has 2 heterocycles. The van der Waals surface area contributed by atoms with Crippen LogP contribution in [0.2, 0.25) is 0 Å². The Morgan fingerprint density at radius 1 is 1.22 bits per heavy atom. The maximum atomic E-state index is 13.3. The molecule has 0 spiro atoms. The van der Waals surface area contributed by atoms with Crippen molar-refractivity contribution >= 4 is 23.6 Å². The number of rotatable bonds is 3. The Kier molecular flexibility index (Phi) is 9.23. The zero-order valence-electron chi connectivity index (χ0n) is 21.4. The van der Waals surface area contributed by atoms with Gasteiger partial charge in [-0.1, -0.05) is 18.1 Å². The van der Waals surface area contributed by atoms with Crippen LogP contribution in [0.1, 0.15) is 51.6 Å². The number of nitrogens with one attached hydrogen (secondary N) is 3. The van der Waals surface area contributed by atoms with Gasteiger partial charge in [0.2, 0.25) is 11.8 Å². The molecular formula is C25H33N5O7. The predicted octanol–water partition coefficient (Wildman–Crippen LogP) is 0.100. The zero-order chi connectivity index (χ0) is 27.1. The van der Waals surface area contributed by atoms with Gasteiger partial charge in [-0.3, -0.25) is 19.2 Å². The molecule has 12 nitrogen and oxygen atoms in total. The van der Waals surface area contributed by atoms with E-state index in [-0.39, 0.29) is 43.9 Å². The summed E-state index contributed by atoms with van der Waals surface area (Å²) in [5.74, 6) is -1.29. The molecule has 4 N–H and O–H groups in total. The third-order valence-electron chi connectivity index (χ3n) is 5.97. The van der Waals surface area contributed by atoms with Gasteiger partial charge in [-0.05, 0) is 44.9 Å². The van der Waals surface area contributed by atoms with Crippen LogP contribution >= 0.6 is 0 Å². The van der Waals surface area contributed by atoms with Crippen molar-refractivity contribution in [2.75, 3.05) is 32.8 Å². The number of carbonyl (C=O) groups is 4. The van der Waals surface area contributed by atoms with Crippen LogP contribution in [-0.2, 0) is 16.0 Å². The van der Waals surface area contributed by atoms with Gasteiger partial charge in [-0.25, -0.2) is 0 Å². The van der Waals surface area contributed by atoms with Gasteiger partial charge in [0.25, 0.3) is 11.8 Å². The number of nitrogens with zero attached hydrogens (tertiary/aromatic N) is 2. The minimum atomic E-state index is -1.24. The molecule has 2 atom stereocenters. The molecular weight excluding hydrogens is 482 g/mol. The van der Waals surface area contributed by atoms with E-state index in [1.165, 1.54) is 17.9 Å². The molecule has 1 aliphatic heterocycles. The highest BCUT2D eigenvalue weighted by molar-refractivity contribution is 5.99. The second-order valence-corrected chi connectivity index (χ2v) is 8.80. The van der Waals surface area contributed by atoms with Crippen molar-refractivity contribution in [1.29, 1.82) is 0 Å². The van der Waals surface area contributed by atoms with E-state index >= 15 is 0 Å². The molecule has 0 radical (unpaired) electrons. The standard InChI is InChI=1S/C25H33N5O7/c1-5-18-21(16(4)37-29-18)25(35)30-10-8-27-24(34)22(15(3)31)28-23(33)17-7-6-14(2)19(12-17)36-11-9-26-20(32)13-30/h6-7,12,15,22,31H,5,8-11,13H2,1-4H3,(H,26,32)(H,27,34)(H,28,33)/t15-,22+/m1/s1. The molecule has 0 unspecified atom stereocenters. The van der Waals surface area contributed by atoms with Crippen LogP contribution in [0.5, 0.6) is 5.75 Å². The van der Waals surface area contributed by atoms with E-state index in [4.69, 9.17) is 9.26 Å². The van der Waals surface area contributed by atoms with Crippen LogP contribution in [-0.4, -0.2) is 83.7 Å². The van der Waals surface area contributed by atoms with E-state index in [9.17, 15) is 24.3 Å². The summed E-state index contributed by atoms with van der Waals surface area (Å²) in [5, 5.41) is 22.0. The number of ether oxygens (including phenoxy) is 1. The van der Waals surface area contributed by atoms with E-state index in [0.29, 0.717) is 23.6 Å². The second-order valence-electron chi connectivity index (χ2n) is 8.80. The highest BCUT2D eigenvalue weighted by atomic mass is 16.5. The minimum Gasteiger partial charge on any atom is -0.491 e. The maximum absolute atomic E-state index is 13.3. The van der Waals surface area contributed by atoms with Crippen LogP contribution in [0.3, 0.4) is 0 Å². The maximum Gasteiger partial charge on any atom is 0.259 e. The number of aromatic nitrogens is 1. The summed E-state index contributed by atoms with van der Waals surface area (Å²) in [7, 11) is 0.